The first-order valence-corrected chi connectivity index (χ1v) is 12.6. The minimum Gasteiger partial charge on any atom is -0.315 e. The molecule has 3 aliphatic heterocycles. The van der Waals surface area contributed by atoms with Gasteiger partial charge in [0.1, 0.15) is 0 Å². The second kappa shape index (κ2) is 7.24. The molecule has 1 N–H and O–H groups in total. The highest BCUT2D eigenvalue weighted by molar-refractivity contribution is 5.05. The van der Waals surface area contributed by atoms with Crippen molar-refractivity contribution in [3.8, 4) is 0 Å². The molecule has 0 aromatic carbocycles. The smallest absolute Gasteiger partial charge is 0.0221 e. The Morgan fingerprint density at radius 2 is 1.29 bits per heavy atom. The summed E-state index contributed by atoms with van der Waals surface area (Å²) < 4.78 is 0. The number of nitrogens with one attached hydrogen (secondary N) is 1. The molecule has 2 spiro atoms. The first-order valence-electron chi connectivity index (χ1n) is 12.6. The number of hydrogen-bond donors (Lipinski definition) is 1. The first-order chi connectivity index (χ1) is 13.4. The van der Waals surface area contributed by atoms with E-state index in [0.29, 0.717) is 5.41 Å². The second-order valence-electron chi connectivity index (χ2n) is 12.6. The SMILES string of the molecule is CC(C)(C)C1CC2(CCN(C3CC4(CCN(C5CCCNC5)CC4)C3)CC2)C1. The van der Waals surface area contributed by atoms with Gasteiger partial charge in [0, 0.05) is 18.6 Å². The van der Waals surface area contributed by atoms with E-state index < -0.39 is 0 Å². The predicted octanol–water partition coefficient (Wildman–Crippen LogP) is 4.52. The molecule has 0 radical (unpaired) electrons. The predicted molar refractivity (Wildman–Crippen MR) is 118 cm³/mol. The van der Waals surface area contributed by atoms with E-state index in [-0.39, 0.29) is 0 Å². The van der Waals surface area contributed by atoms with Crippen LogP contribution in [-0.2, 0) is 0 Å². The van der Waals surface area contributed by atoms with Crippen LogP contribution < -0.4 is 5.32 Å². The van der Waals surface area contributed by atoms with Crippen LogP contribution in [0.3, 0.4) is 0 Å². The lowest BCUT2D eigenvalue weighted by atomic mass is 9.51. The fraction of sp³-hybridized carbons (Fsp3) is 1.00. The summed E-state index contributed by atoms with van der Waals surface area (Å²) in [5.74, 6) is 0.982. The Bertz CT molecular complexity index is 527. The van der Waals surface area contributed by atoms with Crippen LogP contribution in [0.1, 0.15) is 85.0 Å². The number of piperidine rings is 3. The lowest BCUT2D eigenvalue weighted by Gasteiger charge is -2.60. The van der Waals surface area contributed by atoms with Crippen molar-refractivity contribution < 1.29 is 0 Å². The fourth-order valence-corrected chi connectivity index (χ4v) is 7.48. The van der Waals surface area contributed by atoms with Gasteiger partial charge in [0.25, 0.3) is 0 Å². The average Bonchev–Trinajstić information content (AvgIpc) is 2.64. The minimum atomic E-state index is 0.533. The maximum atomic E-state index is 3.61. The molecule has 5 rings (SSSR count). The molecule has 160 valence electrons. The van der Waals surface area contributed by atoms with E-state index >= 15 is 0 Å². The van der Waals surface area contributed by atoms with Gasteiger partial charge in [-0.3, -0.25) is 4.90 Å². The molecule has 3 heteroatoms. The number of rotatable bonds is 2. The van der Waals surface area contributed by atoms with Crippen molar-refractivity contribution in [3.05, 3.63) is 0 Å². The van der Waals surface area contributed by atoms with Crippen LogP contribution in [-0.4, -0.2) is 61.2 Å². The van der Waals surface area contributed by atoms with Gasteiger partial charge in [-0.05, 0) is 119 Å². The van der Waals surface area contributed by atoms with Crippen molar-refractivity contribution in [2.45, 2.75) is 97.1 Å². The fourth-order valence-electron chi connectivity index (χ4n) is 7.48. The largest absolute Gasteiger partial charge is 0.315 e. The average molecular weight is 388 g/mol. The number of likely N-dealkylation sites (tertiary alicyclic amines) is 2. The van der Waals surface area contributed by atoms with Crippen molar-refractivity contribution in [2.75, 3.05) is 39.3 Å². The Morgan fingerprint density at radius 1 is 0.750 bits per heavy atom. The van der Waals surface area contributed by atoms with E-state index in [0.717, 1.165) is 28.8 Å². The Kier molecular flexibility index (Phi) is 5.12. The van der Waals surface area contributed by atoms with E-state index in [1.807, 2.05) is 0 Å². The Hall–Kier alpha value is -0.120. The zero-order chi connectivity index (χ0) is 19.4. The van der Waals surface area contributed by atoms with Crippen LogP contribution in [0.15, 0.2) is 0 Å². The van der Waals surface area contributed by atoms with Gasteiger partial charge in [-0.2, -0.15) is 0 Å². The summed E-state index contributed by atoms with van der Waals surface area (Å²) in [6.45, 7) is 15.4. The van der Waals surface area contributed by atoms with Gasteiger partial charge in [-0.1, -0.05) is 20.8 Å². The van der Waals surface area contributed by atoms with Crippen molar-refractivity contribution in [2.24, 2.45) is 22.2 Å². The maximum Gasteiger partial charge on any atom is 0.0221 e. The topological polar surface area (TPSA) is 18.5 Å². The highest BCUT2D eigenvalue weighted by Crippen LogP contribution is 2.59. The first kappa shape index (κ1) is 19.8. The normalized spacial score (nSPS) is 37.0. The molecule has 2 aliphatic carbocycles. The van der Waals surface area contributed by atoms with E-state index in [1.165, 1.54) is 103 Å². The van der Waals surface area contributed by atoms with E-state index in [4.69, 9.17) is 0 Å². The Labute approximate surface area is 174 Å². The third kappa shape index (κ3) is 3.69. The van der Waals surface area contributed by atoms with Crippen molar-refractivity contribution in [3.63, 3.8) is 0 Å². The third-order valence-corrected chi connectivity index (χ3v) is 9.94. The van der Waals surface area contributed by atoms with Crippen LogP contribution in [0.2, 0.25) is 0 Å². The van der Waals surface area contributed by atoms with Crippen molar-refractivity contribution in [1.82, 2.24) is 15.1 Å². The Morgan fingerprint density at radius 3 is 1.79 bits per heavy atom. The molecule has 3 nitrogen and oxygen atoms in total. The van der Waals surface area contributed by atoms with Gasteiger partial charge in [0.15, 0.2) is 0 Å². The molecule has 28 heavy (non-hydrogen) atoms. The standard InChI is InChI=1S/C25H45N3/c1-23(2,3)20-15-24(16-20)6-13-28(14-7-24)22-17-25(18-22)8-11-27(12-9-25)21-5-4-10-26-19-21/h20-22,26H,4-19H2,1-3H3. The van der Waals surface area contributed by atoms with Gasteiger partial charge in [0.05, 0.1) is 0 Å². The van der Waals surface area contributed by atoms with Gasteiger partial charge in [-0.25, -0.2) is 0 Å². The molecule has 5 fully saturated rings. The zero-order valence-corrected chi connectivity index (χ0v) is 18.9. The molecule has 3 heterocycles. The molecule has 1 unspecified atom stereocenters. The van der Waals surface area contributed by atoms with Crippen LogP contribution in [0.25, 0.3) is 0 Å². The van der Waals surface area contributed by atoms with E-state index in [9.17, 15) is 0 Å². The maximum absolute atomic E-state index is 3.61. The van der Waals surface area contributed by atoms with E-state index in [2.05, 4.69) is 35.9 Å². The molecule has 3 saturated heterocycles. The molecule has 0 aromatic rings. The van der Waals surface area contributed by atoms with Crippen molar-refractivity contribution in [1.29, 1.82) is 0 Å². The molecular formula is C25H45N3. The van der Waals surface area contributed by atoms with Crippen LogP contribution in [0.4, 0.5) is 0 Å². The summed E-state index contributed by atoms with van der Waals surface area (Å²) in [6.07, 6.45) is 14.8. The zero-order valence-electron chi connectivity index (χ0n) is 18.9. The van der Waals surface area contributed by atoms with Crippen LogP contribution in [0.5, 0.6) is 0 Å². The highest BCUT2D eigenvalue weighted by atomic mass is 15.2. The quantitative estimate of drug-likeness (QED) is 0.751. The molecular weight excluding hydrogens is 342 g/mol. The van der Waals surface area contributed by atoms with Gasteiger partial charge < -0.3 is 10.2 Å². The molecule has 0 aromatic heterocycles. The molecule has 1 atom stereocenters. The third-order valence-electron chi connectivity index (χ3n) is 9.94. The highest BCUT2D eigenvalue weighted by Gasteiger charge is 2.52. The van der Waals surface area contributed by atoms with E-state index in [1.54, 1.807) is 0 Å². The van der Waals surface area contributed by atoms with Crippen LogP contribution >= 0.6 is 0 Å². The minimum absolute atomic E-state index is 0.533. The second-order valence-corrected chi connectivity index (χ2v) is 12.6. The van der Waals surface area contributed by atoms with Gasteiger partial charge in [0.2, 0.25) is 0 Å². The number of nitrogens with zero attached hydrogens (tertiary/aromatic N) is 2. The van der Waals surface area contributed by atoms with Gasteiger partial charge >= 0.3 is 0 Å². The van der Waals surface area contributed by atoms with Crippen LogP contribution in [0, 0.1) is 22.2 Å². The summed E-state index contributed by atoms with van der Waals surface area (Å²) >= 11 is 0. The number of hydrogen-bond acceptors (Lipinski definition) is 3. The monoisotopic (exact) mass is 387 g/mol. The molecule has 5 aliphatic rings. The van der Waals surface area contributed by atoms with Gasteiger partial charge in [-0.15, -0.1) is 0 Å². The molecule has 2 saturated carbocycles. The lowest BCUT2D eigenvalue weighted by Crippen LogP contribution is -2.59. The summed E-state index contributed by atoms with van der Waals surface area (Å²) in [7, 11) is 0. The Balaban J connectivity index is 1.05. The summed E-state index contributed by atoms with van der Waals surface area (Å²) in [6, 6.07) is 1.76. The summed E-state index contributed by atoms with van der Waals surface area (Å²) in [5.41, 5.74) is 2.01. The van der Waals surface area contributed by atoms with Crippen molar-refractivity contribution >= 4 is 0 Å². The summed E-state index contributed by atoms with van der Waals surface area (Å²) in [4.78, 5) is 5.72. The molecule has 0 bridgehead atoms. The summed E-state index contributed by atoms with van der Waals surface area (Å²) in [5, 5.41) is 3.61. The lowest BCUT2D eigenvalue weighted by molar-refractivity contribution is -0.0974. The molecule has 0 amide bonds.